The van der Waals surface area contributed by atoms with Crippen LogP contribution in [0.1, 0.15) is 5.56 Å². The lowest BCUT2D eigenvalue weighted by Crippen LogP contribution is -2.13. The van der Waals surface area contributed by atoms with E-state index < -0.39 is 15.8 Å². The van der Waals surface area contributed by atoms with Crippen molar-refractivity contribution in [3.63, 3.8) is 0 Å². The Bertz CT molecular complexity index is 687. The molecule has 0 saturated heterocycles. The van der Waals surface area contributed by atoms with Crippen LogP contribution in [0.3, 0.4) is 0 Å². The van der Waals surface area contributed by atoms with Crippen LogP contribution < -0.4 is 10.5 Å². The Kier molecular flexibility index (Phi) is 4.31. The molecule has 0 atom stereocenters. The molecular weight excluding hydrogens is 281 g/mol. The fraction of sp³-hybridized carbons (Fsp3) is 0.154. The lowest BCUT2D eigenvalue weighted by molar-refractivity contribution is 0.592. The van der Waals surface area contributed by atoms with Crippen LogP contribution >= 0.6 is 0 Å². The zero-order chi connectivity index (χ0) is 14.6. The number of nitrogens with two attached hydrogens (primary N) is 1. The molecular formula is C13H14FN3O2S. The highest BCUT2D eigenvalue weighted by molar-refractivity contribution is 7.92. The molecule has 2 aromatic rings. The van der Waals surface area contributed by atoms with E-state index in [9.17, 15) is 12.8 Å². The fourth-order valence-electron chi connectivity index (χ4n) is 1.66. The van der Waals surface area contributed by atoms with Gasteiger partial charge in [0.15, 0.2) is 0 Å². The second-order valence-electron chi connectivity index (χ2n) is 4.18. The van der Waals surface area contributed by atoms with E-state index in [1.807, 2.05) is 0 Å². The van der Waals surface area contributed by atoms with Gasteiger partial charge in [-0.1, -0.05) is 12.1 Å². The summed E-state index contributed by atoms with van der Waals surface area (Å²) in [7, 11) is -3.84. The van der Waals surface area contributed by atoms with Gasteiger partial charge in [-0.3, -0.25) is 9.71 Å². The Hall–Kier alpha value is -1.99. The molecule has 5 nitrogen and oxygen atoms in total. The highest BCUT2D eigenvalue weighted by Crippen LogP contribution is 2.16. The van der Waals surface area contributed by atoms with Crippen molar-refractivity contribution in [3.8, 4) is 0 Å². The van der Waals surface area contributed by atoms with Gasteiger partial charge < -0.3 is 5.73 Å². The number of rotatable bonds is 5. The first-order valence-corrected chi connectivity index (χ1v) is 7.42. The molecule has 0 aliphatic heterocycles. The molecule has 1 aromatic heterocycles. The molecule has 1 aromatic carbocycles. The van der Waals surface area contributed by atoms with Crippen LogP contribution in [0.4, 0.5) is 10.1 Å². The molecule has 3 N–H and O–H groups in total. The zero-order valence-corrected chi connectivity index (χ0v) is 11.4. The molecule has 0 radical (unpaired) electrons. The monoisotopic (exact) mass is 295 g/mol. The minimum absolute atomic E-state index is 0.219. The standard InChI is InChI=1S/C13H14FN3O2S/c14-11-7-13(9-16-8-11)20(18,19)17-12-3-1-10(2-4-12)5-6-15/h1-4,7-9,17H,5-6,15H2. The minimum atomic E-state index is -3.84. The van der Waals surface area contributed by atoms with Gasteiger partial charge >= 0.3 is 0 Å². The van der Waals surface area contributed by atoms with E-state index in [-0.39, 0.29) is 4.90 Å². The first kappa shape index (κ1) is 14.4. The summed E-state index contributed by atoms with van der Waals surface area (Å²) in [6.45, 7) is 0.528. The van der Waals surface area contributed by atoms with Crippen LogP contribution in [-0.2, 0) is 16.4 Å². The van der Waals surface area contributed by atoms with Gasteiger partial charge in [0.2, 0.25) is 0 Å². The smallest absolute Gasteiger partial charge is 0.263 e. The van der Waals surface area contributed by atoms with Crippen molar-refractivity contribution < 1.29 is 12.8 Å². The summed E-state index contributed by atoms with van der Waals surface area (Å²) >= 11 is 0. The van der Waals surface area contributed by atoms with Gasteiger partial charge in [0.25, 0.3) is 10.0 Å². The molecule has 2 rings (SSSR count). The second-order valence-corrected chi connectivity index (χ2v) is 5.86. The third-order valence-corrected chi connectivity index (χ3v) is 3.98. The van der Waals surface area contributed by atoms with E-state index in [2.05, 4.69) is 9.71 Å². The van der Waals surface area contributed by atoms with E-state index in [0.717, 1.165) is 30.4 Å². The van der Waals surface area contributed by atoms with E-state index in [4.69, 9.17) is 5.73 Å². The number of hydrogen-bond donors (Lipinski definition) is 2. The van der Waals surface area contributed by atoms with Crippen LogP contribution in [0.5, 0.6) is 0 Å². The zero-order valence-electron chi connectivity index (χ0n) is 10.6. The van der Waals surface area contributed by atoms with Crippen molar-refractivity contribution in [1.82, 2.24) is 4.98 Å². The quantitative estimate of drug-likeness (QED) is 0.876. The number of halogens is 1. The van der Waals surface area contributed by atoms with Crippen molar-refractivity contribution in [3.05, 3.63) is 54.1 Å². The summed E-state index contributed by atoms with van der Waals surface area (Å²) in [6.07, 6.45) is 2.76. The lowest BCUT2D eigenvalue weighted by Gasteiger charge is -2.08. The SMILES string of the molecule is NCCc1ccc(NS(=O)(=O)c2cncc(F)c2)cc1. The van der Waals surface area contributed by atoms with Crippen molar-refractivity contribution in [2.45, 2.75) is 11.3 Å². The molecule has 0 amide bonds. The fourth-order valence-corrected chi connectivity index (χ4v) is 2.69. The largest absolute Gasteiger partial charge is 0.330 e. The summed E-state index contributed by atoms with van der Waals surface area (Å²) in [5, 5.41) is 0. The lowest BCUT2D eigenvalue weighted by atomic mass is 10.1. The molecule has 0 unspecified atom stereocenters. The molecule has 20 heavy (non-hydrogen) atoms. The molecule has 1 heterocycles. The third kappa shape index (κ3) is 3.52. The average molecular weight is 295 g/mol. The normalized spacial score (nSPS) is 11.3. The van der Waals surface area contributed by atoms with Gasteiger partial charge in [0.1, 0.15) is 10.7 Å². The molecule has 0 aliphatic carbocycles. The van der Waals surface area contributed by atoms with E-state index in [1.54, 1.807) is 24.3 Å². The number of pyridine rings is 1. The number of benzene rings is 1. The van der Waals surface area contributed by atoms with Crippen molar-refractivity contribution in [2.24, 2.45) is 5.73 Å². The molecule has 0 saturated carbocycles. The Morgan fingerprint density at radius 3 is 2.50 bits per heavy atom. The average Bonchev–Trinajstić information content (AvgIpc) is 2.41. The predicted molar refractivity (Wildman–Crippen MR) is 74.2 cm³/mol. The first-order valence-electron chi connectivity index (χ1n) is 5.93. The van der Waals surface area contributed by atoms with Crippen molar-refractivity contribution in [1.29, 1.82) is 0 Å². The molecule has 0 spiro atoms. The van der Waals surface area contributed by atoms with Crippen LogP contribution in [0.15, 0.2) is 47.6 Å². The van der Waals surface area contributed by atoms with Crippen LogP contribution in [-0.4, -0.2) is 19.9 Å². The Morgan fingerprint density at radius 1 is 1.20 bits per heavy atom. The molecule has 0 aliphatic rings. The number of nitrogens with zero attached hydrogens (tertiary/aromatic N) is 1. The Labute approximate surface area is 116 Å². The van der Waals surface area contributed by atoms with Gasteiger partial charge in [-0.15, -0.1) is 0 Å². The summed E-state index contributed by atoms with van der Waals surface area (Å²) in [5.41, 5.74) is 6.85. The third-order valence-electron chi connectivity index (χ3n) is 2.63. The predicted octanol–water partition coefficient (Wildman–Crippen LogP) is 1.52. The topological polar surface area (TPSA) is 85.1 Å². The van der Waals surface area contributed by atoms with E-state index in [1.165, 1.54) is 0 Å². The minimum Gasteiger partial charge on any atom is -0.330 e. The summed E-state index contributed by atoms with van der Waals surface area (Å²) in [5.74, 6) is -0.703. The number of nitrogens with one attached hydrogen (secondary N) is 1. The van der Waals surface area contributed by atoms with E-state index in [0.29, 0.717) is 12.2 Å². The highest BCUT2D eigenvalue weighted by atomic mass is 32.2. The summed E-state index contributed by atoms with van der Waals surface area (Å²) in [6, 6.07) is 7.76. The first-order chi connectivity index (χ1) is 9.51. The van der Waals surface area contributed by atoms with Gasteiger partial charge in [-0.25, -0.2) is 12.8 Å². The van der Waals surface area contributed by atoms with Gasteiger partial charge in [-0.2, -0.15) is 0 Å². The van der Waals surface area contributed by atoms with E-state index >= 15 is 0 Å². The van der Waals surface area contributed by atoms with Crippen LogP contribution in [0, 0.1) is 5.82 Å². The Morgan fingerprint density at radius 2 is 1.90 bits per heavy atom. The van der Waals surface area contributed by atoms with Crippen LogP contribution in [0.2, 0.25) is 0 Å². The number of sulfonamides is 1. The van der Waals surface area contributed by atoms with Crippen molar-refractivity contribution >= 4 is 15.7 Å². The number of aromatic nitrogens is 1. The van der Waals surface area contributed by atoms with Gasteiger partial charge in [-0.05, 0) is 36.7 Å². The van der Waals surface area contributed by atoms with Crippen molar-refractivity contribution in [2.75, 3.05) is 11.3 Å². The molecule has 106 valence electrons. The number of hydrogen-bond acceptors (Lipinski definition) is 4. The summed E-state index contributed by atoms with van der Waals surface area (Å²) < 4.78 is 39.4. The molecule has 7 heteroatoms. The maximum absolute atomic E-state index is 13.0. The molecule has 0 bridgehead atoms. The maximum Gasteiger partial charge on any atom is 0.263 e. The summed E-state index contributed by atoms with van der Waals surface area (Å²) in [4.78, 5) is 3.30. The highest BCUT2D eigenvalue weighted by Gasteiger charge is 2.15. The molecule has 0 fully saturated rings. The van der Waals surface area contributed by atoms with Gasteiger partial charge in [0.05, 0.1) is 6.20 Å². The van der Waals surface area contributed by atoms with Crippen LogP contribution in [0.25, 0.3) is 0 Å². The second kappa shape index (κ2) is 5.98. The Balaban J connectivity index is 2.20. The maximum atomic E-state index is 13.0. The van der Waals surface area contributed by atoms with Gasteiger partial charge in [0, 0.05) is 11.9 Å². The number of anilines is 1.